The van der Waals surface area contributed by atoms with E-state index in [0.717, 1.165) is 5.76 Å². The molecule has 2 rings (SSSR count). The van der Waals surface area contributed by atoms with Crippen LogP contribution in [0.2, 0.25) is 0 Å². The van der Waals surface area contributed by atoms with Gasteiger partial charge in [0.2, 0.25) is 5.91 Å². The maximum absolute atomic E-state index is 12.0. The lowest BCUT2D eigenvalue weighted by Crippen LogP contribution is -2.45. The summed E-state index contributed by atoms with van der Waals surface area (Å²) in [4.78, 5) is 24.2. The van der Waals surface area contributed by atoms with E-state index in [9.17, 15) is 9.59 Å². The molecule has 0 unspecified atom stereocenters. The second kappa shape index (κ2) is 6.38. The van der Waals surface area contributed by atoms with Crippen LogP contribution in [-0.2, 0) is 14.3 Å². The van der Waals surface area contributed by atoms with Crippen molar-refractivity contribution in [2.24, 2.45) is 0 Å². The molecule has 1 aromatic heterocycles. The first-order chi connectivity index (χ1) is 9.54. The molecule has 1 aliphatic heterocycles. The number of carbonyl (C=O) groups excluding carboxylic acids is 1. The van der Waals surface area contributed by atoms with Crippen LogP contribution in [0.5, 0.6) is 0 Å². The van der Waals surface area contributed by atoms with Crippen molar-refractivity contribution in [3.63, 3.8) is 0 Å². The Hall–Kier alpha value is -2.08. The second-order valence-electron chi connectivity index (χ2n) is 4.66. The standard InChI is InChI=1S/C14H17NO5/c1-10-2-3-11(20-10)4-5-13(16)15-6-7-19-12(9-15)8-14(17)18/h2-5,12H,6-9H2,1H3,(H,17,18)/b5-4+/t12-/m1/s1. The number of hydrogen-bond acceptors (Lipinski definition) is 4. The zero-order valence-corrected chi connectivity index (χ0v) is 11.2. The maximum atomic E-state index is 12.0. The first kappa shape index (κ1) is 14.3. The monoisotopic (exact) mass is 279 g/mol. The summed E-state index contributed by atoms with van der Waals surface area (Å²) in [6.45, 7) is 2.96. The average molecular weight is 279 g/mol. The number of carboxylic acid groups (broad SMARTS) is 1. The smallest absolute Gasteiger partial charge is 0.306 e. The van der Waals surface area contributed by atoms with E-state index in [0.29, 0.717) is 25.5 Å². The molecule has 1 fully saturated rings. The van der Waals surface area contributed by atoms with Crippen LogP contribution < -0.4 is 0 Å². The van der Waals surface area contributed by atoms with Gasteiger partial charge in [-0.1, -0.05) is 0 Å². The molecule has 6 nitrogen and oxygen atoms in total. The minimum absolute atomic E-state index is 0.0924. The zero-order chi connectivity index (χ0) is 14.5. The molecule has 108 valence electrons. The molecule has 0 aliphatic carbocycles. The minimum Gasteiger partial charge on any atom is -0.481 e. The topological polar surface area (TPSA) is 80.0 Å². The summed E-state index contributed by atoms with van der Waals surface area (Å²) in [7, 11) is 0. The molecule has 2 heterocycles. The molecule has 6 heteroatoms. The molecule has 1 amide bonds. The van der Waals surface area contributed by atoms with Gasteiger partial charge in [0.1, 0.15) is 11.5 Å². The Morgan fingerprint density at radius 2 is 2.30 bits per heavy atom. The number of rotatable bonds is 4. The van der Waals surface area contributed by atoms with Gasteiger partial charge in [0, 0.05) is 19.2 Å². The lowest BCUT2D eigenvalue weighted by atomic mass is 10.2. The highest BCUT2D eigenvalue weighted by Crippen LogP contribution is 2.11. The summed E-state index contributed by atoms with van der Waals surface area (Å²) in [5, 5.41) is 8.74. The van der Waals surface area contributed by atoms with Crippen LogP contribution in [0, 0.1) is 6.92 Å². The molecule has 1 saturated heterocycles. The Morgan fingerprint density at radius 1 is 1.50 bits per heavy atom. The SMILES string of the molecule is Cc1ccc(/C=C/C(=O)N2CCO[C@H](CC(=O)O)C2)o1. The Bertz CT molecular complexity index is 519. The van der Waals surface area contributed by atoms with E-state index in [1.54, 1.807) is 17.0 Å². The van der Waals surface area contributed by atoms with Crippen molar-refractivity contribution in [3.8, 4) is 0 Å². The first-order valence-electron chi connectivity index (χ1n) is 6.41. The number of ether oxygens (including phenoxy) is 1. The molecule has 0 radical (unpaired) electrons. The molecular formula is C14H17NO5. The Kier molecular flexibility index (Phi) is 4.57. The molecule has 1 aliphatic rings. The average Bonchev–Trinajstić information content (AvgIpc) is 2.81. The number of furan rings is 1. The number of nitrogens with zero attached hydrogens (tertiary/aromatic N) is 1. The van der Waals surface area contributed by atoms with E-state index in [4.69, 9.17) is 14.3 Å². The van der Waals surface area contributed by atoms with Crippen molar-refractivity contribution < 1.29 is 23.8 Å². The lowest BCUT2D eigenvalue weighted by molar-refractivity contribution is -0.145. The molecule has 20 heavy (non-hydrogen) atoms. The maximum Gasteiger partial charge on any atom is 0.306 e. The van der Waals surface area contributed by atoms with E-state index in [-0.39, 0.29) is 12.3 Å². The molecule has 0 saturated carbocycles. The predicted molar refractivity (Wildman–Crippen MR) is 71.1 cm³/mol. The molecular weight excluding hydrogens is 262 g/mol. The summed E-state index contributed by atoms with van der Waals surface area (Å²) < 4.78 is 10.7. The van der Waals surface area contributed by atoms with Gasteiger partial charge in [-0.3, -0.25) is 9.59 Å². The quantitative estimate of drug-likeness (QED) is 0.840. The van der Waals surface area contributed by atoms with Crippen molar-refractivity contribution in [1.82, 2.24) is 4.90 Å². The van der Waals surface area contributed by atoms with Crippen molar-refractivity contribution >= 4 is 18.0 Å². The molecule has 0 aromatic carbocycles. The van der Waals surface area contributed by atoms with Crippen LogP contribution in [0.15, 0.2) is 22.6 Å². The number of carbonyl (C=O) groups is 2. The van der Waals surface area contributed by atoms with E-state index in [1.807, 2.05) is 13.0 Å². The normalized spacial score (nSPS) is 19.4. The summed E-state index contributed by atoms with van der Waals surface area (Å²) in [6, 6.07) is 3.60. The van der Waals surface area contributed by atoms with Crippen LogP contribution in [0.1, 0.15) is 17.9 Å². The minimum atomic E-state index is -0.925. The van der Waals surface area contributed by atoms with Gasteiger partial charge in [0.15, 0.2) is 0 Å². The summed E-state index contributed by atoms with van der Waals surface area (Å²) in [6.07, 6.45) is 2.51. The highest BCUT2D eigenvalue weighted by atomic mass is 16.5. The van der Waals surface area contributed by atoms with Gasteiger partial charge in [0.25, 0.3) is 0 Å². The summed E-state index contributed by atoms with van der Waals surface area (Å²) in [5.41, 5.74) is 0. The predicted octanol–water partition coefficient (Wildman–Crippen LogP) is 1.30. The number of aliphatic carboxylic acids is 1. The van der Waals surface area contributed by atoms with Gasteiger partial charge in [-0.25, -0.2) is 0 Å². The zero-order valence-electron chi connectivity index (χ0n) is 11.2. The van der Waals surface area contributed by atoms with Crippen LogP contribution in [0.4, 0.5) is 0 Å². The Morgan fingerprint density at radius 3 is 2.95 bits per heavy atom. The summed E-state index contributed by atoms with van der Waals surface area (Å²) >= 11 is 0. The van der Waals surface area contributed by atoms with Crippen molar-refractivity contribution in [3.05, 3.63) is 29.7 Å². The van der Waals surface area contributed by atoms with Crippen LogP contribution in [-0.4, -0.2) is 47.7 Å². The largest absolute Gasteiger partial charge is 0.481 e. The van der Waals surface area contributed by atoms with Gasteiger partial charge in [0.05, 0.1) is 19.1 Å². The van der Waals surface area contributed by atoms with Gasteiger partial charge < -0.3 is 19.2 Å². The molecule has 0 bridgehead atoms. The summed E-state index contributed by atoms with van der Waals surface area (Å²) in [5.74, 6) is 0.305. The highest BCUT2D eigenvalue weighted by Gasteiger charge is 2.24. The molecule has 1 N–H and O–H groups in total. The third kappa shape index (κ3) is 3.96. The number of hydrogen-bond donors (Lipinski definition) is 1. The molecule has 1 aromatic rings. The van der Waals surface area contributed by atoms with Crippen LogP contribution >= 0.6 is 0 Å². The Balaban J connectivity index is 1.91. The van der Waals surface area contributed by atoms with Crippen molar-refractivity contribution in [2.75, 3.05) is 19.7 Å². The highest BCUT2D eigenvalue weighted by molar-refractivity contribution is 5.91. The fourth-order valence-corrected chi connectivity index (χ4v) is 2.04. The number of amides is 1. The van der Waals surface area contributed by atoms with Crippen molar-refractivity contribution in [1.29, 1.82) is 0 Å². The van der Waals surface area contributed by atoms with E-state index < -0.39 is 12.1 Å². The molecule has 1 atom stereocenters. The van der Waals surface area contributed by atoms with E-state index in [2.05, 4.69) is 0 Å². The molecule has 0 spiro atoms. The van der Waals surface area contributed by atoms with Crippen LogP contribution in [0.25, 0.3) is 6.08 Å². The van der Waals surface area contributed by atoms with Gasteiger partial charge in [-0.15, -0.1) is 0 Å². The van der Waals surface area contributed by atoms with Gasteiger partial charge in [-0.05, 0) is 25.1 Å². The number of morpholine rings is 1. The Labute approximate surface area is 116 Å². The van der Waals surface area contributed by atoms with Crippen molar-refractivity contribution in [2.45, 2.75) is 19.4 Å². The number of aryl methyl sites for hydroxylation is 1. The third-order valence-corrected chi connectivity index (χ3v) is 3.00. The lowest BCUT2D eigenvalue weighted by Gasteiger charge is -2.31. The van der Waals surface area contributed by atoms with Gasteiger partial charge in [-0.2, -0.15) is 0 Å². The van der Waals surface area contributed by atoms with Crippen LogP contribution in [0.3, 0.4) is 0 Å². The fourth-order valence-electron chi connectivity index (χ4n) is 2.04. The number of carboxylic acids is 1. The van der Waals surface area contributed by atoms with Gasteiger partial charge >= 0.3 is 5.97 Å². The fraction of sp³-hybridized carbons (Fsp3) is 0.429. The van der Waals surface area contributed by atoms with E-state index in [1.165, 1.54) is 6.08 Å². The van der Waals surface area contributed by atoms with E-state index >= 15 is 0 Å². The third-order valence-electron chi connectivity index (χ3n) is 3.00. The first-order valence-corrected chi connectivity index (χ1v) is 6.41. The second-order valence-corrected chi connectivity index (χ2v) is 4.66.